The Balaban J connectivity index is 1.33. The van der Waals surface area contributed by atoms with Gasteiger partial charge in [0.25, 0.3) is 0 Å². The predicted octanol–water partition coefficient (Wildman–Crippen LogP) is 4.05. The van der Waals surface area contributed by atoms with Crippen molar-refractivity contribution in [2.24, 2.45) is 5.41 Å². The van der Waals surface area contributed by atoms with Gasteiger partial charge in [0.1, 0.15) is 5.75 Å². The molecule has 3 saturated carbocycles. The second-order valence-corrected chi connectivity index (χ2v) is 7.94. The molecule has 8 heteroatoms. The Labute approximate surface area is 167 Å². The molecule has 3 fully saturated rings. The lowest BCUT2D eigenvalue weighted by molar-refractivity contribution is -0.262. The fourth-order valence-corrected chi connectivity index (χ4v) is 4.04. The Hall–Kier alpha value is -2.64. The van der Waals surface area contributed by atoms with Gasteiger partial charge in [0.15, 0.2) is 0 Å². The van der Waals surface area contributed by atoms with Crippen LogP contribution in [-0.2, 0) is 9.53 Å². The number of ether oxygens (including phenoxy) is 2. The second kappa shape index (κ2) is 6.76. The molecular weight excluding hydrogens is 382 g/mol. The van der Waals surface area contributed by atoms with Crippen molar-refractivity contribution < 1.29 is 19.1 Å². The molecule has 0 unspecified atom stereocenters. The van der Waals surface area contributed by atoms with Gasteiger partial charge in [-0.05, 0) is 56.0 Å². The Kier molecular flexibility index (Phi) is 4.51. The minimum atomic E-state index is -0.548. The van der Waals surface area contributed by atoms with Crippen molar-refractivity contribution in [1.29, 1.82) is 0 Å². The van der Waals surface area contributed by atoms with E-state index in [4.69, 9.17) is 21.1 Å². The summed E-state index contributed by atoms with van der Waals surface area (Å²) in [4.78, 5) is 28.6. The molecule has 2 bridgehead atoms. The highest BCUT2D eigenvalue weighted by Gasteiger charge is 2.72. The number of imide groups is 1. The van der Waals surface area contributed by atoms with Crippen LogP contribution in [0.25, 0.3) is 0 Å². The number of amides is 3. The summed E-state index contributed by atoms with van der Waals surface area (Å²) in [5.41, 5.74) is 0.791. The van der Waals surface area contributed by atoms with E-state index in [-0.39, 0.29) is 11.5 Å². The number of methoxy groups -OCH3 is 1. The molecule has 5 rings (SSSR count). The maximum Gasteiger partial charge on any atom is 0.325 e. The third-order valence-electron chi connectivity index (χ3n) is 5.47. The molecule has 1 aromatic carbocycles. The van der Waals surface area contributed by atoms with Crippen LogP contribution in [0.4, 0.5) is 10.5 Å². The van der Waals surface area contributed by atoms with Gasteiger partial charge in [-0.3, -0.25) is 10.1 Å². The summed E-state index contributed by atoms with van der Waals surface area (Å²) in [7, 11) is 1.66. The first kappa shape index (κ1) is 18.7. The smallest absolute Gasteiger partial charge is 0.325 e. The fraction of sp³-hybridized carbons (Fsp3) is 0.350. The number of urea groups is 1. The Bertz CT molecular complexity index is 925. The molecule has 28 heavy (non-hydrogen) atoms. The van der Waals surface area contributed by atoms with E-state index < -0.39 is 11.4 Å². The van der Waals surface area contributed by atoms with Gasteiger partial charge in [0.2, 0.25) is 11.8 Å². The molecule has 146 valence electrons. The molecule has 1 heterocycles. The number of hydrogen-bond donors (Lipinski definition) is 2. The van der Waals surface area contributed by atoms with Gasteiger partial charge in [-0.15, -0.1) is 0 Å². The lowest BCUT2D eigenvalue weighted by Crippen LogP contribution is -2.73. The molecule has 1 aromatic heterocycles. The van der Waals surface area contributed by atoms with Crippen LogP contribution in [0, 0.1) is 12.3 Å². The highest BCUT2D eigenvalue weighted by molar-refractivity contribution is 6.30. The Morgan fingerprint density at radius 1 is 1.18 bits per heavy atom. The zero-order chi connectivity index (χ0) is 19.9. The number of benzene rings is 1. The maximum atomic E-state index is 12.3. The molecule has 0 saturated heterocycles. The first-order valence-electron chi connectivity index (χ1n) is 8.91. The highest BCUT2D eigenvalue weighted by Crippen LogP contribution is 2.68. The quantitative estimate of drug-likeness (QED) is 0.788. The monoisotopic (exact) mass is 401 g/mol. The second-order valence-electron chi connectivity index (χ2n) is 7.50. The van der Waals surface area contributed by atoms with Crippen molar-refractivity contribution in [3.05, 3.63) is 47.1 Å². The van der Waals surface area contributed by atoms with Gasteiger partial charge >= 0.3 is 6.03 Å². The molecule has 2 N–H and O–H groups in total. The standard InChI is InChI=1S/C20H20ClN3O4/c1-12-7-14(4-5-15(12)28-16-6-3-13(21)8-22-16)23-18(26)24-17(25)19-9-20(10-19,11-19)27-2/h3-8H,9-11H2,1-2H3,(H2,23,24,25,26). The number of carbonyl (C=O) groups excluding carboxylic acids is 2. The van der Waals surface area contributed by atoms with Crippen LogP contribution in [0.5, 0.6) is 11.6 Å². The maximum absolute atomic E-state index is 12.3. The first-order valence-corrected chi connectivity index (χ1v) is 9.29. The number of pyridine rings is 1. The zero-order valence-electron chi connectivity index (χ0n) is 15.5. The molecule has 7 nitrogen and oxygen atoms in total. The van der Waals surface area contributed by atoms with Gasteiger partial charge in [-0.25, -0.2) is 9.78 Å². The molecule has 0 spiro atoms. The van der Waals surface area contributed by atoms with E-state index in [9.17, 15) is 9.59 Å². The Morgan fingerprint density at radius 3 is 2.54 bits per heavy atom. The summed E-state index contributed by atoms with van der Waals surface area (Å²) in [5, 5.41) is 5.64. The predicted molar refractivity (Wildman–Crippen MR) is 104 cm³/mol. The fourth-order valence-electron chi connectivity index (χ4n) is 3.93. The van der Waals surface area contributed by atoms with Crippen molar-refractivity contribution in [1.82, 2.24) is 10.3 Å². The van der Waals surface area contributed by atoms with E-state index in [0.29, 0.717) is 41.6 Å². The number of halogens is 1. The van der Waals surface area contributed by atoms with Crippen molar-refractivity contribution in [2.45, 2.75) is 31.8 Å². The number of anilines is 1. The molecule has 3 aliphatic rings. The summed E-state index contributed by atoms with van der Waals surface area (Å²) in [5.74, 6) is 0.786. The third-order valence-corrected chi connectivity index (χ3v) is 5.69. The van der Waals surface area contributed by atoms with Crippen LogP contribution >= 0.6 is 11.6 Å². The average Bonchev–Trinajstić information content (AvgIpc) is 2.57. The van der Waals surface area contributed by atoms with Crippen LogP contribution in [0.1, 0.15) is 24.8 Å². The number of nitrogens with one attached hydrogen (secondary N) is 2. The van der Waals surface area contributed by atoms with E-state index in [1.807, 2.05) is 6.92 Å². The molecular formula is C20H20ClN3O4. The first-order chi connectivity index (χ1) is 13.3. The summed E-state index contributed by atoms with van der Waals surface area (Å²) in [6, 6.07) is 8.00. The number of hydrogen-bond acceptors (Lipinski definition) is 5. The number of carbonyl (C=O) groups is 2. The summed E-state index contributed by atoms with van der Waals surface area (Å²) < 4.78 is 11.1. The lowest BCUT2D eigenvalue weighted by atomic mass is 9.41. The molecule has 0 radical (unpaired) electrons. The molecule has 0 aliphatic heterocycles. The Morgan fingerprint density at radius 2 is 1.93 bits per heavy atom. The molecule has 3 aliphatic carbocycles. The van der Waals surface area contributed by atoms with Crippen molar-refractivity contribution >= 4 is 29.2 Å². The number of aryl methyl sites for hydroxylation is 1. The van der Waals surface area contributed by atoms with Crippen molar-refractivity contribution in [3.8, 4) is 11.6 Å². The van der Waals surface area contributed by atoms with Crippen molar-refractivity contribution in [3.63, 3.8) is 0 Å². The van der Waals surface area contributed by atoms with E-state index in [0.717, 1.165) is 5.56 Å². The van der Waals surface area contributed by atoms with Gasteiger partial charge in [0.05, 0.1) is 16.0 Å². The summed E-state index contributed by atoms with van der Waals surface area (Å²) in [6.07, 6.45) is 3.54. The van der Waals surface area contributed by atoms with Crippen molar-refractivity contribution in [2.75, 3.05) is 12.4 Å². The molecule has 3 amide bonds. The lowest BCUT2D eigenvalue weighted by Gasteiger charge is -2.67. The highest BCUT2D eigenvalue weighted by atomic mass is 35.5. The average molecular weight is 402 g/mol. The van der Waals surface area contributed by atoms with Gasteiger partial charge in [0, 0.05) is 25.1 Å². The van der Waals surface area contributed by atoms with Gasteiger partial charge in [-0.2, -0.15) is 0 Å². The van der Waals surface area contributed by atoms with Gasteiger partial charge < -0.3 is 14.8 Å². The SMILES string of the molecule is COC12CC(C(=O)NC(=O)Nc3ccc(Oc4ccc(Cl)cn4)c(C)c3)(C1)C2. The molecule has 2 aromatic rings. The van der Waals surface area contributed by atoms with Crippen LogP contribution in [0.2, 0.25) is 5.02 Å². The normalized spacial score (nSPS) is 24.5. The summed E-state index contributed by atoms with van der Waals surface area (Å²) in [6.45, 7) is 1.85. The largest absolute Gasteiger partial charge is 0.439 e. The van der Waals surface area contributed by atoms with E-state index in [1.165, 1.54) is 6.20 Å². The zero-order valence-corrected chi connectivity index (χ0v) is 16.3. The van der Waals surface area contributed by atoms with Gasteiger partial charge in [-0.1, -0.05) is 11.6 Å². The van der Waals surface area contributed by atoms with E-state index >= 15 is 0 Å². The van der Waals surface area contributed by atoms with Crippen LogP contribution in [0.3, 0.4) is 0 Å². The minimum Gasteiger partial charge on any atom is -0.439 e. The third kappa shape index (κ3) is 3.31. The van der Waals surface area contributed by atoms with Crippen LogP contribution in [0.15, 0.2) is 36.5 Å². The number of nitrogens with zero attached hydrogens (tertiary/aromatic N) is 1. The van der Waals surface area contributed by atoms with Crippen LogP contribution < -0.4 is 15.4 Å². The molecule has 0 atom stereocenters. The minimum absolute atomic E-state index is 0.139. The van der Waals surface area contributed by atoms with E-state index in [1.54, 1.807) is 37.4 Å². The number of aromatic nitrogens is 1. The topological polar surface area (TPSA) is 89.5 Å². The van der Waals surface area contributed by atoms with E-state index in [2.05, 4.69) is 15.6 Å². The number of rotatable bonds is 5. The van der Waals surface area contributed by atoms with Crippen LogP contribution in [-0.4, -0.2) is 29.6 Å². The summed E-state index contributed by atoms with van der Waals surface area (Å²) >= 11 is 5.81.